The second kappa shape index (κ2) is 4.05. The molecular weight excluding hydrogens is 274 g/mol. The lowest BCUT2D eigenvalue weighted by Gasteiger charge is -2.04. The number of benzene rings is 2. The minimum Gasteiger partial charge on any atom is -0.455 e. The van der Waals surface area contributed by atoms with Crippen molar-refractivity contribution in [2.75, 3.05) is 0 Å². The number of hydrogen-bond acceptors (Lipinski definition) is 3. The van der Waals surface area contributed by atoms with Gasteiger partial charge in [0.15, 0.2) is 0 Å². The van der Waals surface area contributed by atoms with Gasteiger partial charge in [-0.05, 0) is 30.3 Å². The van der Waals surface area contributed by atoms with Crippen molar-refractivity contribution in [2.24, 2.45) is 0 Å². The summed E-state index contributed by atoms with van der Waals surface area (Å²) in [5, 5.41) is 2.36. The van der Waals surface area contributed by atoms with E-state index in [1.54, 1.807) is 30.5 Å². The van der Waals surface area contributed by atoms with Crippen molar-refractivity contribution in [3.8, 4) is 0 Å². The van der Waals surface area contributed by atoms with E-state index in [2.05, 4.69) is 4.98 Å². The van der Waals surface area contributed by atoms with E-state index in [1.807, 2.05) is 18.2 Å². The summed E-state index contributed by atoms with van der Waals surface area (Å²) in [5.74, 6) is 0. The van der Waals surface area contributed by atoms with Gasteiger partial charge in [-0.15, -0.1) is 0 Å². The van der Waals surface area contributed by atoms with Crippen LogP contribution in [0.5, 0.6) is 0 Å². The zero-order valence-corrected chi connectivity index (χ0v) is 11.0. The summed E-state index contributed by atoms with van der Waals surface area (Å²) in [7, 11) is 0. The first-order valence-corrected chi connectivity index (χ1v) is 6.52. The molecule has 0 saturated carbocycles. The van der Waals surface area contributed by atoms with Gasteiger partial charge in [-0.2, -0.15) is 0 Å². The summed E-state index contributed by atoms with van der Waals surface area (Å²) in [6, 6.07) is 12.5. The first-order valence-electron chi connectivity index (χ1n) is 6.14. The van der Waals surface area contributed by atoms with Gasteiger partial charge in [0.1, 0.15) is 11.2 Å². The monoisotopic (exact) mass is 281 g/mol. The minimum atomic E-state index is -0.0729. The highest BCUT2D eigenvalue weighted by Crippen LogP contribution is 2.27. The van der Waals surface area contributed by atoms with Crippen molar-refractivity contribution < 1.29 is 4.42 Å². The Kier molecular flexibility index (Phi) is 2.32. The number of aromatic nitrogens is 1. The highest BCUT2D eigenvalue weighted by Gasteiger charge is 2.11. The van der Waals surface area contributed by atoms with Crippen LogP contribution in [0, 0.1) is 0 Å². The maximum absolute atomic E-state index is 12.5. The number of hydrogen-bond donors (Lipinski definition) is 0. The molecule has 0 bridgehead atoms. The van der Waals surface area contributed by atoms with E-state index in [0.29, 0.717) is 27.0 Å². The highest BCUT2D eigenvalue weighted by molar-refractivity contribution is 6.31. The first-order chi connectivity index (χ1) is 9.74. The molecular formula is C16H8ClNO2. The lowest BCUT2D eigenvalue weighted by atomic mass is 10.1. The molecule has 2 aromatic carbocycles. The molecule has 4 heteroatoms. The van der Waals surface area contributed by atoms with E-state index in [4.69, 9.17) is 16.0 Å². The van der Waals surface area contributed by atoms with Crippen LogP contribution < -0.4 is 5.43 Å². The lowest BCUT2D eigenvalue weighted by molar-refractivity contribution is 0.663. The molecule has 3 nitrogen and oxygen atoms in total. The number of nitrogens with zero attached hydrogens (tertiary/aromatic N) is 1. The van der Waals surface area contributed by atoms with Crippen molar-refractivity contribution >= 4 is 44.4 Å². The van der Waals surface area contributed by atoms with Crippen molar-refractivity contribution in [1.82, 2.24) is 4.98 Å². The van der Waals surface area contributed by atoms with Crippen molar-refractivity contribution in [3.63, 3.8) is 0 Å². The van der Waals surface area contributed by atoms with E-state index in [0.717, 1.165) is 10.9 Å². The third kappa shape index (κ3) is 1.53. The quantitative estimate of drug-likeness (QED) is 0.359. The van der Waals surface area contributed by atoms with Gasteiger partial charge in [0.25, 0.3) is 0 Å². The average Bonchev–Trinajstić information content (AvgIpc) is 2.47. The number of fused-ring (bicyclic) bond motifs is 4. The average molecular weight is 282 g/mol. The third-order valence-electron chi connectivity index (χ3n) is 3.37. The van der Waals surface area contributed by atoms with E-state index in [9.17, 15) is 4.79 Å². The van der Waals surface area contributed by atoms with Gasteiger partial charge in [-0.3, -0.25) is 9.78 Å². The summed E-state index contributed by atoms with van der Waals surface area (Å²) >= 11 is 6.03. The van der Waals surface area contributed by atoms with E-state index >= 15 is 0 Å². The summed E-state index contributed by atoms with van der Waals surface area (Å²) < 4.78 is 5.90. The molecule has 0 N–H and O–H groups in total. The predicted molar refractivity (Wildman–Crippen MR) is 80.3 cm³/mol. The van der Waals surface area contributed by atoms with Gasteiger partial charge in [-0.25, -0.2) is 0 Å². The van der Waals surface area contributed by atoms with Gasteiger partial charge < -0.3 is 4.42 Å². The predicted octanol–water partition coefficient (Wildman–Crippen LogP) is 4.15. The summed E-state index contributed by atoms with van der Waals surface area (Å²) in [4.78, 5) is 16.8. The fourth-order valence-electron chi connectivity index (χ4n) is 2.41. The Hall–Kier alpha value is -2.39. The van der Waals surface area contributed by atoms with Crippen LogP contribution in [0.4, 0.5) is 0 Å². The molecule has 0 aliphatic heterocycles. The fraction of sp³-hybridized carbons (Fsp3) is 0. The maximum atomic E-state index is 12.5. The van der Waals surface area contributed by atoms with Crippen LogP contribution >= 0.6 is 11.6 Å². The molecule has 4 rings (SSSR count). The number of halogens is 1. The zero-order chi connectivity index (χ0) is 13.7. The summed E-state index contributed by atoms with van der Waals surface area (Å²) in [5.41, 5.74) is 1.77. The second-order valence-electron chi connectivity index (χ2n) is 4.59. The van der Waals surface area contributed by atoms with Gasteiger partial charge in [0.2, 0.25) is 5.43 Å². The van der Waals surface area contributed by atoms with Crippen LogP contribution in [0.1, 0.15) is 0 Å². The lowest BCUT2D eigenvalue weighted by Crippen LogP contribution is -2.02. The van der Waals surface area contributed by atoms with Gasteiger partial charge in [-0.1, -0.05) is 23.7 Å². The third-order valence-corrected chi connectivity index (χ3v) is 3.60. The second-order valence-corrected chi connectivity index (χ2v) is 5.03. The maximum Gasteiger partial charge on any atom is 0.202 e. The Balaban J connectivity index is 2.33. The van der Waals surface area contributed by atoms with Crippen LogP contribution in [0.2, 0.25) is 5.02 Å². The molecule has 0 unspecified atom stereocenters. The molecule has 0 amide bonds. The van der Waals surface area contributed by atoms with Crippen molar-refractivity contribution in [3.05, 3.63) is 63.9 Å². The summed E-state index contributed by atoms with van der Waals surface area (Å²) in [6.45, 7) is 0. The van der Waals surface area contributed by atoms with Gasteiger partial charge in [0, 0.05) is 16.6 Å². The molecule has 0 fully saturated rings. The molecule has 96 valence electrons. The molecule has 20 heavy (non-hydrogen) atoms. The molecule has 4 aromatic rings. The van der Waals surface area contributed by atoms with E-state index in [1.165, 1.54) is 0 Å². The topological polar surface area (TPSA) is 43.1 Å². The van der Waals surface area contributed by atoms with E-state index < -0.39 is 0 Å². The van der Waals surface area contributed by atoms with Crippen LogP contribution in [0.3, 0.4) is 0 Å². The van der Waals surface area contributed by atoms with Crippen LogP contribution in [0.25, 0.3) is 32.8 Å². The number of pyridine rings is 1. The molecule has 2 heterocycles. The molecule has 0 aliphatic carbocycles. The van der Waals surface area contributed by atoms with Crippen molar-refractivity contribution in [2.45, 2.75) is 0 Å². The highest BCUT2D eigenvalue weighted by atomic mass is 35.5. The fourth-order valence-corrected chi connectivity index (χ4v) is 2.58. The molecule has 2 aromatic heterocycles. The minimum absolute atomic E-state index is 0.0729. The normalized spacial score (nSPS) is 11.4. The SMILES string of the molecule is O=c1c2ccccc2oc2c1cnc1ccc(Cl)cc12. The first kappa shape index (κ1) is 11.4. The van der Waals surface area contributed by atoms with Gasteiger partial charge in [0.05, 0.1) is 16.3 Å². The summed E-state index contributed by atoms with van der Waals surface area (Å²) in [6.07, 6.45) is 1.56. The Morgan fingerprint density at radius 3 is 2.75 bits per heavy atom. The van der Waals surface area contributed by atoms with Crippen LogP contribution in [-0.2, 0) is 0 Å². The standard InChI is InChI=1S/C16H8ClNO2/c17-9-5-6-13-11(7-9)16-12(8-18-13)15(19)10-3-1-2-4-14(10)20-16/h1-8H. The number of rotatable bonds is 0. The van der Waals surface area contributed by atoms with Crippen molar-refractivity contribution in [1.29, 1.82) is 0 Å². The Morgan fingerprint density at radius 2 is 1.85 bits per heavy atom. The molecule has 0 atom stereocenters. The smallest absolute Gasteiger partial charge is 0.202 e. The molecule has 0 aliphatic rings. The zero-order valence-electron chi connectivity index (χ0n) is 10.3. The molecule has 0 saturated heterocycles. The Morgan fingerprint density at radius 1 is 1.00 bits per heavy atom. The molecule has 0 radical (unpaired) electrons. The Labute approximate surface area is 118 Å². The largest absolute Gasteiger partial charge is 0.455 e. The van der Waals surface area contributed by atoms with E-state index in [-0.39, 0.29) is 5.43 Å². The molecule has 0 spiro atoms. The Bertz CT molecular complexity index is 1040. The number of para-hydroxylation sites is 1. The van der Waals surface area contributed by atoms with Crippen LogP contribution in [0.15, 0.2) is 57.9 Å². The van der Waals surface area contributed by atoms with Gasteiger partial charge >= 0.3 is 0 Å². The van der Waals surface area contributed by atoms with Crippen LogP contribution in [-0.4, -0.2) is 4.98 Å².